The van der Waals surface area contributed by atoms with Crippen LogP contribution in [0.1, 0.15) is 24.2 Å². The van der Waals surface area contributed by atoms with Crippen LogP contribution in [0, 0.1) is 5.92 Å². The first-order valence-corrected chi connectivity index (χ1v) is 13.5. The molecular weight excluding hydrogens is 472 g/mol. The van der Waals surface area contributed by atoms with E-state index < -0.39 is 10.0 Å². The molecule has 5 rings (SSSR count). The van der Waals surface area contributed by atoms with Gasteiger partial charge in [-0.2, -0.15) is 20.6 Å². The molecule has 3 aromatic heterocycles. The smallest absolute Gasteiger partial charge is 0.258 e. The highest BCUT2D eigenvalue weighted by molar-refractivity contribution is 7.89. The largest absolute Gasteiger partial charge is 0.334 e. The first-order valence-electron chi connectivity index (χ1n) is 11.1. The SMILES string of the molecule is O=c1ccc(S(=O)(=O)N2CCC(Cc3ccccc3)CC2)cn1Cc1noc(-c2ccsc2)n1. The minimum absolute atomic E-state index is 0.0228. The molecule has 0 radical (unpaired) electrons. The van der Waals surface area contributed by atoms with Crippen molar-refractivity contribution in [3.05, 3.63) is 87.2 Å². The molecule has 1 saturated heterocycles. The van der Waals surface area contributed by atoms with Crippen molar-refractivity contribution in [1.29, 1.82) is 0 Å². The Morgan fingerprint density at radius 2 is 1.85 bits per heavy atom. The molecule has 0 N–H and O–H groups in total. The Bertz CT molecular complexity index is 1400. The van der Waals surface area contributed by atoms with E-state index in [0.717, 1.165) is 24.8 Å². The zero-order chi connectivity index (χ0) is 23.5. The second-order valence-electron chi connectivity index (χ2n) is 8.40. The number of hydrogen-bond acceptors (Lipinski definition) is 7. The Labute approximate surface area is 201 Å². The molecule has 0 spiro atoms. The summed E-state index contributed by atoms with van der Waals surface area (Å²) < 4.78 is 34.7. The third-order valence-electron chi connectivity index (χ3n) is 6.08. The highest BCUT2D eigenvalue weighted by Crippen LogP contribution is 2.26. The molecule has 34 heavy (non-hydrogen) atoms. The monoisotopic (exact) mass is 496 g/mol. The van der Waals surface area contributed by atoms with Gasteiger partial charge in [0.05, 0.1) is 17.0 Å². The summed E-state index contributed by atoms with van der Waals surface area (Å²) in [6.45, 7) is 0.955. The van der Waals surface area contributed by atoms with Crippen LogP contribution >= 0.6 is 11.3 Å². The van der Waals surface area contributed by atoms with Crippen molar-refractivity contribution in [3.63, 3.8) is 0 Å². The molecule has 0 amide bonds. The van der Waals surface area contributed by atoms with Gasteiger partial charge in [0.2, 0.25) is 10.0 Å². The van der Waals surface area contributed by atoms with Crippen molar-refractivity contribution >= 4 is 21.4 Å². The summed E-state index contributed by atoms with van der Waals surface area (Å²) in [5, 5.41) is 7.73. The fraction of sp³-hybridized carbons (Fsp3) is 0.292. The van der Waals surface area contributed by atoms with Gasteiger partial charge < -0.3 is 9.09 Å². The van der Waals surface area contributed by atoms with Crippen LogP contribution in [0.5, 0.6) is 0 Å². The van der Waals surface area contributed by atoms with E-state index in [0.29, 0.717) is 30.7 Å². The number of piperidine rings is 1. The molecule has 4 heterocycles. The van der Waals surface area contributed by atoms with Crippen molar-refractivity contribution in [2.75, 3.05) is 13.1 Å². The Kier molecular flexibility index (Phi) is 6.44. The minimum Gasteiger partial charge on any atom is -0.334 e. The minimum atomic E-state index is -3.71. The molecule has 0 saturated carbocycles. The first kappa shape index (κ1) is 22.7. The number of thiophene rings is 1. The van der Waals surface area contributed by atoms with Gasteiger partial charge in [0, 0.05) is 30.7 Å². The topological polar surface area (TPSA) is 98.3 Å². The summed E-state index contributed by atoms with van der Waals surface area (Å²) in [6, 6.07) is 14.8. The van der Waals surface area contributed by atoms with Crippen molar-refractivity contribution in [2.45, 2.75) is 30.7 Å². The van der Waals surface area contributed by atoms with Crippen molar-refractivity contribution in [2.24, 2.45) is 5.92 Å². The second-order valence-corrected chi connectivity index (χ2v) is 11.1. The average Bonchev–Trinajstić information content (AvgIpc) is 3.54. The molecule has 0 aliphatic carbocycles. The van der Waals surface area contributed by atoms with E-state index in [4.69, 9.17) is 4.52 Å². The zero-order valence-corrected chi connectivity index (χ0v) is 20.0. The number of sulfonamides is 1. The molecule has 10 heteroatoms. The predicted octanol–water partition coefficient (Wildman–Crippen LogP) is 3.65. The lowest BCUT2D eigenvalue weighted by atomic mass is 9.91. The summed E-state index contributed by atoms with van der Waals surface area (Å²) in [5.74, 6) is 1.13. The number of nitrogens with zero attached hydrogens (tertiary/aromatic N) is 4. The molecule has 1 aliphatic rings. The van der Waals surface area contributed by atoms with E-state index in [9.17, 15) is 13.2 Å². The molecule has 8 nitrogen and oxygen atoms in total. The van der Waals surface area contributed by atoms with Gasteiger partial charge in [-0.15, -0.1) is 0 Å². The van der Waals surface area contributed by atoms with Gasteiger partial charge in [0.1, 0.15) is 0 Å². The molecule has 176 valence electrons. The average molecular weight is 497 g/mol. The lowest BCUT2D eigenvalue weighted by molar-refractivity contribution is 0.272. The van der Waals surface area contributed by atoms with E-state index in [1.807, 2.05) is 35.0 Å². The lowest BCUT2D eigenvalue weighted by Gasteiger charge is -2.31. The maximum atomic E-state index is 13.3. The third kappa shape index (κ3) is 4.89. The van der Waals surface area contributed by atoms with Crippen LogP contribution in [0.3, 0.4) is 0 Å². The normalized spacial score (nSPS) is 15.5. The molecule has 0 unspecified atom stereocenters. The van der Waals surface area contributed by atoms with Crippen LogP contribution < -0.4 is 5.56 Å². The number of hydrogen-bond donors (Lipinski definition) is 0. The van der Waals surface area contributed by atoms with Crippen molar-refractivity contribution in [1.82, 2.24) is 19.0 Å². The van der Waals surface area contributed by atoms with E-state index in [1.165, 1.54) is 44.1 Å². The van der Waals surface area contributed by atoms with E-state index in [1.54, 1.807) is 0 Å². The molecule has 1 aromatic carbocycles. The Morgan fingerprint density at radius 3 is 2.59 bits per heavy atom. The number of benzene rings is 1. The van der Waals surface area contributed by atoms with E-state index in [-0.39, 0.29) is 17.0 Å². The zero-order valence-electron chi connectivity index (χ0n) is 18.4. The molecular formula is C24H24N4O4S2. The lowest BCUT2D eigenvalue weighted by Crippen LogP contribution is -2.39. The maximum Gasteiger partial charge on any atom is 0.258 e. The van der Waals surface area contributed by atoms with Crippen LogP contribution in [0.25, 0.3) is 11.5 Å². The van der Waals surface area contributed by atoms with Crippen molar-refractivity contribution < 1.29 is 12.9 Å². The van der Waals surface area contributed by atoms with Crippen molar-refractivity contribution in [3.8, 4) is 11.5 Å². The van der Waals surface area contributed by atoms with Gasteiger partial charge in [0.25, 0.3) is 11.4 Å². The van der Waals surface area contributed by atoms with Crippen LogP contribution in [-0.4, -0.2) is 40.5 Å². The third-order valence-corrected chi connectivity index (χ3v) is 8.65. The van der Waals surface area contributed by atoms with Gasteiger partial charge in [-0.1, -0.05) is 35.5 Å². The van der Waals surface area contributed by atoms with Crippen LogP contribution in [-0.2, 0) is 23.0 Å². The van der Waals surface area contributed by atoms with E-state index >= 15 is 0 Å². The Hall–Kier alpha value is -3.08. The predicted molar refractivity (Wildman–Crippen MR) is 129 cm³/mol. The molecule has 0 atom stereocenters. The summed E-state index contributed by atoms with van der Waals surface area (Å²) in [4.78, 5) is 16.8. The van der Waals surface area contributed by atoms with Gasteiger partial charge in [0.15, 0.2) is 5.82 Å². The number of pyridine rings is 1. The number of aromatic nitrogens is 3. The van der Waals surface area contributed by atoms with Gasteiger partial charge >= 0.3 is 0 Å². The van der Waals surface area contributed by atoms with Gasteiger partial charge in [-0.3, -0.25) is 4.79 Å². The molecule has 1 fully saturated rings. The van der Waals surface area contributed by atoms with E-state index in [2.05, 4.69) is 22.3 Å². The molecule has 4 aromatic rings. The van der Waals surface area contributed by atoms with Gasteiger partial charge in [-0.25, -0.2) is 8.42 Å². The highest BCUT2D eigenvalue weighted by atomic mass is 32.2. The standard InChI is InChI=1S/C24H24N4O4S2/c29-23-7-6-21(15-27(23)16-22-25-24(32-26-22)20-10-13-33-17-20)34(30,31)28-11-8-19(9-12-28)14-18-4-2-1-3-5-18/h1-7,10,13,15,17,19H,8-9,11-12,14,16H2. The van der Waals surface area contributed by atoms with Crippen LogP contribution in [0.4, 0.5) is 0 Å². The molecule has 0 bridgehead atoms. The molecule has 1 aliphatic heterocycles. The van der Waals surface area contributed by atoms with Crippen LogP contribution in [0.15, 0.2) is 79.7 Å². The fourth-order valence-electron chi connectivity index (χ4n) is 4.21. The fourth-order valence-corrected chi connectivity index (χ4v) is 6.33. The first-order chi connectivity index (χ1) is 16.5. The Morgan fingerprint density at radius 1 is 1.06 bits per heavy atom. The van der Waals surface area contributed by atoms with Gasteiger partial charge in [-0.05, 0) is 48.3 Å². The summed E-state index contributed by atoms with van der Waals surface area (Å²) >= 11 is 1.51. The number of rotatable bonds is 7. The maximum absolute atomic E-state index is 13.3. The second kappa shape index (κ2) is 9.65. The quantitative estimate of drug-likeness (QED) is 0.387. The Balaban J connectivity index is 1.28. The van der Waals surface area contributed by atoms with Crippen LogP contribution in [0.2, 0.25) is 0 Å². The summed E-state index contributed by atoms with van der Waals surface area (Å²) in [7, 11) is -3.71. The summed E-state index contributed by atoms with van der Waals surface area (Å²) in [6.07, 6.45) is 3.94. The summed E-state index contributed by atoms with van der Waals surface area (Å²) in [5.41, 5.74) is 1.75. The highest BCUT2D eigenvalue weighted by Gasteiger charge is 2.30.